The normalized spacial score (nSPS) is 14.3. The van der Waals surface area contributed by atoms with Gasteiger partial charge in [-0.3, -0.25) is 9.69 Å². The quantitative estimate of drug-likeness (QED) is 0.280. The van der Waals surface area contributed by atoms with Gasteiger partial charge >= 0.3 is 6.61 Å². The van der Waals surface area contributed by atoms with Gasteiger partial charge in [0.2, 0.25) is 5.91 Å². The van der Waals surface area contributed by atoms with Crippen molar-refractivity contribution in [1.82, 2.24) is 14.9 Å². The Balaban J connectivity index is 1.57. The number of rotatable bonds is 11. The number of hydrogen-bond acceptors (Lipinski definition) is 8. The van der Waals surface area contributed by atoms with E-state index in [0.717, 1.165) is 13.1 Å². The Hall–Kier alpha value is -3.74. The van der Waals surface area contributed by atoms with Gasteiger partial charge in [-0.25, -0.2) is 14.4 Å². The molecule has 9 nitrogen and oxygen atoms in total. The molecule has 1 amide bonds. The Labute approximate surface area is 217 Å². The first-order chi connectivity index (χ1) is 18.4. The second kappa shape index (κ2) is 13.2. The van der Waals surface area contributed by atoms with E-state index in [9.17, 15) is 18.0 Å². The number of aryl methyl sites for hydroxylation is 1. The van der Waals surface area contributed by atoms with Crippen LogP contribution in [0.2, 0.25) is 0 Å². The van der Waals surface area contributed by atoms with Crippen LogP contribution in [0, 0.1) is 12.7 Å². The predicted molar refractivity (Wildman–Crippen MR) is 136 cm³/mol. The number of alkyl halides is 2. The van der Waals surface area contributed by atoms with Crippen LogP contribution in [0.5, 0.6) is 5.75 Å². The van der Waals surface area contributed by atoms with Crippen LogP contribution in [-0.2, 0) is 14.3 Å². The number of carbonyl (C=O) groups excluding carboxylic acids is 1. The summed E-state index contributed by atoms with van der Waals surface area (Å²) < 4.78 is 53.6. The lowest BCUT2D eigenvalue weighted by Gasteiger charge is -2.25. The standard InChI is InChI=1S/C26H28F3N5O4/c1-17-13-18(4-5-20(17)27)32-25-19-14-22(33-24(35)3-2-6-34-7-9-36-10-8-34)23(15-21(19)30-16-31-25)37-11-12-38-26(28)29/h2-5,13-16,26H,6-12H2,1H3,(H,33,35)(H,30,31,32)/b3-2+. The highest BCUT2D eigenvalue weighted by atomic mass is 19.3. The average molecular weight is 532 g/mol. The summed E-state index contributed by atoms with van der Waals surface area (Å²) in [5.41, 5.74) is 1.85. The fraction of sp³-hybridized carbons (Fsp3) is 0.346. The maximum absolute atomic E-state index is 13.7. The van der Waals surface area contributed by atoms with Crippen LogP contribution in [0.3, 0.4) is 0 Å². The number of morpholine rings is 1. The molecule has 0 unspecified atom stereocenters. The fourth-order valence-electron chi connectivity index (χ4n) is 3.82. The summed E-state index contributed by atoms with van der Waals surface area (Å²) in [7, 11) is 0. The van der Waals surface area contributed by atoms with Crippen molar-refractivity contribution in [2.75, 3.05) is 56.7 Å². The first kappa shape index (κ1) is 27.3. The van der Waals surface area contributed by atoms with E-state index in [1.54, 1.807) is 37.3 Å². The van der Waals surface area contributed by atoms with Gasteiger partial charge in [-0.1, -0.05) is 6.08 Å². The van der Waals surface area contributed by atoms with Crippen LogP contribution < -0.4 is 15.4 Å². The van der Waals surface area contributed by atoms with E-state index >= 15 is 0 Å². The lowest BCUT2D eigenvalue weighted by Crippen LogP contribution is -2.36. The number of ether oxygens (including phenoxy) is 3. The molecule has 2 N–H and O–H groups in total. The molecule has 202 valence electrons. The molecule has 0 radical (unpaired) electrons. The zero-order valence-corrected chi connectivity index (χ0v) is 20.8. The van der Waals surface area contributed by atoms with E-state index in [1.165, 1.54) is 18.5 Å². The summed E-state index contributed by atoms with van der Waals surface area (Å²) in [5, 5.41) is 6.48. The predicted octanol–water partition coefficient (Wildman–Crippen LogP) is 4.27. The second-order valence-electron chi connectivity index (χ2n) is 8.46. The molecule has 0 bridgehead atoms. The van der Waals surface area contributed by atoms with Crippen molar-refractivity contribution < 1.29 is 32.2 Å². The van der Waals surface area contributed by atoms with Crippen LogP contribution in [0.4, 0.5) is 30.4 Å². The molecular weight excluding hydrogens is 503 g/mol. The zero-order valence-electron chi connectivity index (χ0n) is 20.8. The summed E-state index contributed by atoms with van der Waals surface area (Å²) in [4.78, 5) is 23.4. The molecule has 1 aliphatic rings. The highest BCUT2D eigenvalue weighted by Crippen LogP contribution is 2.33. The molecule has 1 aliphatic heterocycles. The molecule has 38 heavy (non-hydrogen) atoms. The highest BCUT2D eigenvalue weighted by molar-refractivity contribution is 6.03. The molecule has 12 heteroatoms. The Bertz CT molecular complexity index is 1290. The number of carbonyl (C=O) groups is 1. The van der Waals surface area contributed by atoms with Crippen molar-refractivity contribution >= 4 is 34.0 Å². The summed E-state index contributed by atoms with van der Waals surface area (Å²) in [6, 6.07) is 7.78. The van der Waals surface area contributed by atoms with Crippen molar-refractivity contribution in [3.63, 3.8) is 0 Å². The van der Waals surface area contributed by atoms with Gasteiger partial charge < -0.3 is 24.8 Å². The van der Waals surface area contributed by atoms with Crippen molar-refractivity contribution in [2.45, 2.75) is 13.5 Å². The third-order valence-corrected chi connectivity index (χ3v) is 5.74. The molecule has 4 rings (SSSR count). The monoisotopic (exact) mass is 531 g/mol. The van der Waals surface area contributed by atoms with Gasteiger partial charge in [0, 0.05) is 42.9 Å². The highest BCUT2D eigenvalue weighted by Gasteiger charge is 2.14. The summed E-state index contributed by atoms with van der Waals surface area (Å²) in [5.74, 6) is -0.0706. The van der Waals surface area contributed by atoms with Gasteiger partial charge in [-0.2, -0.15) is 8.78 Å². The lowest BCUT2D eigenvalue weighted by atomic mass is 10.1. The van der Waals surface area contributed by atoms with Gasteiger partial charge in [0.25, 0.3) is 0 Å². The third-order valence-electron chi connectivity index (χ3n) is 5.74. The largest absolute Gasteiger partial charge is 0.489 e. The summed E-state index contributed by atoms with van der Waals surface area (Å²) in [6.07, 6.45) is 4.52. The Morgan fingerprint density at radius 2 is 2.00 bits per heavy atom. The minimum atomic E-state index is -2.91. The van der Waals surface area contributed by atoms with Crippen molar-refractivity contribution in [3.05, 3.63) is 60.2 Å². The van der Waals surface area contributed by atoms with E-state index in [2.05, 4.69) is 30.2 Å². The second-order valence-corrected chi connectivity index (χ2v) is 8.46. The van der Waals surface area contributed by atoms with Crippen molar-refractivity contribution in [3.8, 4) is 5.75 Å². The van der Waals surface area contributed by atoms with Crippen molar-refractivity contribution in [2.24, 2.45) is 0 Å². The van der Waals surface area contributed by atoms with Gasteiger partial charge in [-0.05, 0) is 36.8 Å². The van der Waals surface area contributed by atoms with Crippen LogP contribution >= 0.6 is 0 Å². The Morgan fingerprint density at radius 1 is 1.18 bits per heavy atom. The first-order valence-corrected chi connectivity index (χ1v) is 12.0. The average Bonchev–Trinajstić information content (AvgIpc) is 2.90. The molecule has 2 aromatic carbocycles. The van der Waals surface area contributed by atoms with E-state index in [-0.39, 0.29) is 24.8 Å². The molecule has 2 heterocycles. The smallest absolute Gasteiger partial charge is 0.345 e. The molecule has 1 aromatic heterocycles. The molecule has 0 aliphatic carbocycles. The van der Waals surface area contributed by atoms with Crippen LogP contribution in [-0.4, -0.2) is 73.4 Å². The van der Waals surface area contributed by atoms with E-state index < -0.39 is 12.5 Å². The van der Waals surface area contributed by atoms with Crippen molar-refractivity contribution in [1.29, 1.82) is 0 Å². The topological polar surface area (TPSA) is 97.8 Å². The molecule has 0 saturated carbocycles. The Kier molecular flexibility index (Phi) is 9.46. The molecule has 0 spiro atoms. The maximum Gasteiger partial charge on any atom is 0.345 e. The number of hydrogen-bond donors (Lipinski definition) is 2. The molecule has 1 fully saturated rings. The van der Waals surface area contributed by atoms with Gasteiger partial charge in [0.15, 0.2) is 0 Å². The van der Waals surface area contributed by atoms with Crippen LogP contribution in [0.15, 0.2) is 48.8 Å². The van der Waals surface area contributed by atoms with E-state index in [0.29, 0.717) is 53.4 Å². The van der Waals surface area contributed by atoms with Gasteiger partial charge in [0.05, 0.1) is 31.0 Å². The zero-order chi connectivity index (χ0) is 26.9. The maximum atomic E-state index is 13.7. The SMILES string of the molecule is Cc1cc(Nc2ncnc3cc(OCCOC(F)F)c(NC(=O)/C=C/CN4CCOCC4)cc23)ccc1F. The molecular formula is C26H28F3N5O4. The number of benzene rings is 2. The van der Waals surface area contributed by atoms with E-state index in [1.807, 2.05) is 0 Å². The fourth-order valence-corrected chi connectivity index (χ4v) is 3.82. The third kappa shape index (κ3) is 7.63. The van der Waals surface area contributed by atoms with Crippen LogP contribution in [0.25, 0.3) is 10.9 Å². The lowest BCUT2D eigenvalue weighted by molar-refractivity contribution is -0.133. The summed E-state index contributed by atoms with van der Waals surface area (Å²) in [6.45, 7) is 1.72. The molecule has 1 saturated heterocycles. The number of halogens is 3. The number of anilines is 3. The number of aromatic nitrogens is 2. The minimum Gasteiger partial charge on any atom is -0.489 e. The van der Waals surface area contributed by atoms with Crippen LogP contribution in [0.1, 0.15) is 5.56 Å². The van der Waals surface area contributed by atoms with Gasteiger partial charge in [0.1, 0.15) is 30.3 Å². The number of amides is 1. The number of nitrogens with zero attached hydrogens (tertiary/aromatic N) is 3. The number of fused-ring (bicyclic) bond motifs is 1. The van der Waals surface area contributed by atoms with Gasteiger partial charge in [-0.15, -0.1) is 0 Å². The van der Waals surface area contributed by atoms with E-state index in [4.69, 9.17) is 9.47 Å². The summed E-state index contributed by atoms with van der Waals surface area (Å²) >= 11 is 0. The minimum absolute atomic E-state index is 0.170. The first-order valence-electron chi connectivity index (χ1n) is 12.0. The molecule has 3 aromatic rings. The Morgan fingerprint density at radius 3 is 2.76 bits per heavy atom. The number of nitrogens with one attached hydrogen (secondary N) is 2. The molecule has 0 atom stereocenters.